The number of aromatic nitrogens is 1. The number of benzene rings is 2. The van der Waals surface area contributed by atoms with Crippen molar-refractivity contribution in [3.8, 4) is 0 Å². The van der Waals surface area contributed by atoms with Crippen molar-refractivity contribution in [1.29, 1.82) is 0 Å². The summed E-state index contributed by atoms with van der Waals surface area (Å²) in [4.78, 5) is 38.6. The van der Waals surface area contributed by atoms with Crippen molar-refractivity contribution in [3.63, 3.8) is 0 Å². The Labute approximate surface area is 186 Å². The van der Waals surface area contributed by atoms with Gasteiger partial charge in [-0.25, -0.2) is 4.39 Å². The maximum absolute atomic E-state index is 13.3. The molecule has 0 saturated carbocycles. The minimum atomic E-state index is -0.611. The van der Waals surface area contributed by atoms with E-state index in [1.165, 1.54) is 12.1 Å². The van der Waals surface area contributed by atoms with Gasteiger partial charge in [0.15, 0.2) is 0 Å². The van der Waals surface area contributed by atoms with Crippen LogP contribution >= 0.6 is 23.4 Å². The van der Waals surface area contributed by atoms with Crippen LogP contribution in [0, 0.1) is 5.82 Å². The highest BCUT2D eigenvalue weighted by molar-refractivity contribution is 8.18. The summed E-state index contributed by atoms with van der Waals surface area (Å²) < 4.78 is 15.3. The number of anilines is 1. The van der Waals surface area contributed by atoms with E-state index in [4.69, 9.17) is 11.6 Å². The summed E-state index contributed by atoms with van der Waals surface area (Å²) >= 11 is 6.50. The molecule has 9 heteroatoms. The highest BCUT2D eigenvalue weighted by Gasteiger charge is 2.36. The summed E-state index contributed by atoms with van der Waals surface area (Å²) in [5, 5.41) is 2.82. The number of para-hydroxylation sites is 1. The fourth-order valence-corrected chi connectivity index (χ4v) is 4.36. The van der Waals surface area contributed by atoms with Crippen molar-refractivity contribution >= 4 is 63.1 Å². The van der Waals surface area contributed by atoms with Gasteiger partial charge in [0, 0.05) is 34.9 Å². The van der Waals surface area contributed by atoms with Crippen LogP contribution < -0.4 is 5.32 Å². The summed E-state index contributed by atoms with van der Waals surface area (Å²) in [6.07, 6.45) is 3.61. The standard InChI is InChI=1S/C22H17ClFN3O3S/c1-2-26-11-13(15-5-3-4-6-18(15)26)9-19-21(29)27(22(30)31-19)12-20(28)25-14-7-8-17(24)16(23)10-14/h3-11H,2,12H2,1H3,(H,25,28)/b19-9-. The molecule has 1 fully saturated rings. The first-order valence-corrected chi connectivity index (χ1v) is 10.6. The molecule has 1 saturated heterocycles. The lowest BCUT2D eigenvalue weighted by atomic mass is 10.1. The Morgan fingerprint density at radius 1 is 1.23 bits per heavy atom. The summed E-state index contributed by atoms with van der Waals surface area (Å²) in [5.74, 6) is -1.73. The Balaban J connectivity index is 1.52. The second-order valence-electron chi connectivity index (χ2n) is 6.83. The third-order valence-corrected chi connectivity index (χ3v) is 6.02. The van der Waals surface area contributed by atoms with E-state index in [0.29, 0.717) is 0 Å². The molecule has 0 spiro atoms. The van der Waals surface area contributed by atoms with Gasteiger partial charge in [0.05, 0.1) is 9.93 Å². The molecule has 158 valence electrons. The lowest BCUT2D eigenvalue weighted by Gasteiger charge is -2.12. The number of rotatable bonds is 5. The van der Waals surface area contributed by atoms with Gasteiger partial charge in [-0.15, -0.1) is 0 Å². The molecule has 0 bridgehead atoms. The molecular weight excluding hydrogens is 441 g/mol. The predicted molar refractivity (Wildman–Crippen MR) is 120 cm³/mol. The summed E-state index contributed by atoms with van der Waals surface area (Å²) in [5.41, 5.74) is 2.13. The second-order valence-corrected chi connectivity index (χ2v) is 8.23. The molecule has 4 rings (SSSR count). The van der Waals surface area contributed by atoms with Crippen LogP contribution in [0.4, 0.5) is 14.9 Å². The zero-order chi connectivity index (χ0) is 22.1. The Kier molecular flexibility index (Phi) is 5.84. The van der Waals surface area contributed by atoms with Crippen molar-refractivity contribution in [1.82, 2.24) is 9.47 Å². The normalized spacial score (nSPS) is 15.3. The Morgan fingerprint density at radius 3 is 2.74 bits per heavy atom. The van der Waals surface area contributed by atoms with E-state index in [0.717, 1.165) is 45.7 Å². The predicted octanol–water partition coefficient (Wildman–Crippen LogP) is 5.13. The van der Waals surface area contributed by atoms with Gasteiger partial charge in [0.2, 0.25) is 5.91 Å². The van der Waals surface area contributed by atoms with Crippen molar-refractivity contribution in [2.75, 3.05) is 11.9 Å². The van der Waals surface area contributed by atoms with E-state index in [9.17, 15) is 18.8 Å². The zero-order valence-corrected chi connectivity index (χ0v) is 18.0. The lowest BCUT2D eigenvalue weighted by Crippen LogP contribution is -2.36. The number of nitrogens with zero attached hydrogens (tertiary/aromatic N) is 2. The lowest BCUT2D eigenvalue weighted by molar-refractivity contribution is -0.127. The number of thioether (sulfide) groups is 1. The molecule has 0 atom stereocenters. The Morgan fingerprint density at radius 2 is 2.00 bits per heavy atom. The van der Waals surface area contributed by atoms with Crippen LogP contribution in [-0.4, -0.2) is 33.1 Å². The molecule has 1 aliphatic heterocycles. The number of imide groups is 1. The fourth-order valence-electron chi connectivity index (χ4n) is 3.35. The van der Waals surface area contributed by atoms with E-state index < -0.39 is 29.4 Å². The number of hydrogen-bond acceptors (Lipinski definition) is 4. The third kappa shape index (κ3) is 4.22. The van der Waals surface area contributed by atoms with Gasteiger partial charge in [-0.05, 0) is 49.0 Å². The number of aryl methyl sites for hydroxylation is 1. The molecule has 31 heavy (non-hydrogen) atoms. The van der Waals surface area contributed by atoms with E-state index >= 15 is 0 Å². The van der Waals surface area contributed by atoms with E-state index in [-0.39, 0.29) is 15.6 Å². The molecule has 0 aliphatic carbocycles. The average Bonchev–Trinajstić information content (AvgIpc) is 3.23. The maximum Gasteiger partial charge on any atom is 0.294 e. The van der Waals surface area contributed by atoms with Crippen molar-refractivity contribution in [2.45, 2.75) is 13.5 Å². The van der Waals surface area contributed by atoms with E-state index in [2.05, 4.69) is 9.88 Å². The van der Waals surface area contributed by atoms with Crippen LogP contribution in [0.1, 0.15) is 12.5 Å². The maximum atomic E-state index is 13.3. The van der Waals surface area contributed by atoms with Crippen LogP contribution in [0.25, 0.3) is 17.0 Å². The molecule has 1 aliphatic rings. The second kappa shape index (κ2) is 8.56. The molecule has 1 aromatic heterocycles. The average molecular weight is 458 g/mol. The number of nitrogens with one attached hydrogen (secondary N) is 1. The zero-order valence-electron chi connectivity index (χ0n) is 16.4. The Bertz CT molecular complexity index is 1250. The third-order valence-electron chi connectivity index (χ3n) is 4.83. The highest BCUT2D eigenvalue weighted by atomic mass is 35.5. The van der Waals surface area contributed by atoms with Gasteiger partial charge in [0.1, 0.15) is 12.4 Å². The highest BCUT2D eigenvalue weighted by Crippen LogP contribution is 2.34. The van der Waals surface area contributed by atoms with Crippen LogP contribution in [0.5, 0.6) is 0 Å². The summed E-state index contributed by atoms with van der Waals surface area (Å²) in [7, 11) is 0. The van der Waals surface area contributed by atoms with Gasteiger partial charge in [-0.2, -0.15) is 0 Å². The smallest absolute Gasteiger partial charge is 0.294 e. The van der Waals surface area contributed by atoms with Crippen LogP contribution in [-0.2, 0) is 16.1 Å². The fraction of sp³-hybridized carbons (Fsp3) is 0.136. The summed E-state index contributed by atoms with van der Waals surface area (Å²) in [6.45, 7) is 2.34. The van der Waals surface area contributed by atoms with Crippen LogP contribution in [0.2, 0.25) is 5.02 Å². The van der Waals surface area contributed by atoms with Crippen LogP contribution in [0.15, 0.2) is 53.6 Å². The number of carbonyl (C=O) groups is 3. The van der Waals surface area contributed by atoms with Crippen molar-refractivity contribution < 1.29 is 18.8 Å². The van der Waals surface area contributed by atoms with E-state index in [1.807, 2.05) is 37.4 Å². The molecule has 3 aromatic rings. The minimum absolute atomic E-state index is 0.141. The van der Waals surface area contributed by atoms with Gasteiger partial charge >= 0.3 is 0 Å². The van der Waals surface area contributed by atoms with Gasteiger partial charge in [-0.3, -0.25) is 19.3 Å². The molecule has 3 amide bonds. The number of fused-ring (bicyclic) bond motifs is 1. The molecule has 0 radical (unpaired) electrons. The van der Waals surface area contributed by atoms with Gasteiger partial charge < -0.3 is 9.88 Å². The SMILES string of the molecule is CCn1cc(/C=C2\SC(=O)N(CC(=O)Nc3ccc(F)c(Cl)c3)C2=O)c2ccccc21. The number of halogens is 2. The molecule has 2 heterocycles. The van der Waals surface area contributed by atoms with Gasteiger partial charge in [0.25, 0.3) is 11.1 Å². The number of amides is 3. The molecule has 2 aromatic carbocycles. The molecule has 0 unspecified atom stereocenters. The van der Waals surface area contributed by atoms with Gasteiger partial charge in [-0.1, -0.05) is 29.8 Å². The summed E-state index contributed by atoms with van der Waals surface area (Å²) in [6, 6.07) is 11.5. The molecule has 1 N–H and O–H groups in total. The Hall–Kier alpha value is -3.10. The monoisotopic (exact) mass is 457 g/mol. The molecule has 6 nitrogen and oxygen atoms in total. The first kappa shape index (κ1) is 21.1. The van der Waals surface area contributed by atoms with Crippen molar-refractivity contribution in [2.24, 2.45) is 0 Å². The van der Waals surface area contributed by atoms with Crippen molar-refractivity contribution in [3.05, 3.63) is 70.0 Å². The van der Waals surface area contributed by atoms with E-state index in [1.54, 1.807) is 6.08 Å². The van der Waals surface area contributed by atoms with Crippen LogP contribution in [0.3, 0.4) is 0 Å². The first-order chi connectivity index (χ1) is 14.9. The minimum Gasteiger partial charge on any atom is -0.347 e. The number of hydrogen-bond donors (Lipinski definition) is 1. The molecular formula is C22H17ClFN3O3S. The largest absolute Gasteiger partial charge is 0.347 e. The quantitative estimate of drug-likeness (QED) is 0.539. The first-order valence-electron chi connectivity index (χ1n) is 9.45. The number of carbonyl (C=O) groups excluding carboxylic acids is 3. The topological polar surface area (TPSA) is 71.4 Å².